The Morgan fingerprint density at radius 2 is 0.432 bits per heavy atom. The number of ether oxygens (including phenoxy) is 17. The molecule has 0 bridgehead atoms. The van der Waals surface area contributed by atoms with Crippen LogP contribution in [-0.2, 0) is 109 Å². The quantitative estimate of drug-likeness (QED) is 0.0306. The summed E-state index contributed by atoms with van der Waals surface area (Å²) >= 11 is 0. The first-order valence-electron chi connectivity index (χ1n) is 37.6. The van der Waals surface area contributed by atoms with Crippen molar-refractivity contribution in [2.45, 2.75) is 318 Å². The third kappa shape index (κ3) is 21.9. The summed E-state index contributed by atoms with van der Waals surface area (Å²) in [5.41, 5.74) is 0. The molecule has 0 saturated carbocycles. The van der Waals surface area contributed by atoms with Crippen LogP contribution in [-0.4, -0.2) is 488 Å². The number of nitrogens with one attached hydrogen (secondary N) is 6. The van der Waals surface area contributed by atoms with Gasteiger partial charge in [0.05, 0.1) is 59.5 Å². The number of carbonyl (C=O) groups is 6. The summed E-state index contributed by atoms with van der Waals surface area (Å²) in [6.45, 7) is -3.85. The maximum atomic E-state index is 13.2. The van der Waals surface area contributed by atoms with Crippen LogP contribution in [0.3, 0.4) is 0 Å². The topological polar surface area (TPSA) is 797 Å². The van der Waals surface area contributed by atoms with Crippen molar-refractivity contribution in [3.63, 3.8) is 0 Å². The van der Waals surface area contributed by atoms with E-state index in [1.54, 1.807) is 0 Å². The van der Waals surface area contributed by atoms with Gasteiger partial charge in [-0.1, -0.05) is 0 Å². The van der Waals surface area contributed by atoms with Crippen molar-refractivity contribution in [1.82, 2.24) is 31.9 Å². The van der Waals surface area contributed by atoms with Crippen LogP contribution in [0.5, 0.6) is 0 Å². The van der Waals surface area contributed by atoms with E-state index in [9.17, 15) is 146 Å². The molecule has 118 heavy (non-hydrogen) atoms. The number of amides is 6. The Balaban J connectivity index is 1.02. The fourth-order valence-electron chi connectivity index (χ4n) is 15.3. The highest BCUT2D eigenvalue weighted by Crippen LogP contribution is 2.40. The molecule has 9 aliphatic rings. The summed E-state index contributed by atoms with van der Waals surface area (Å²) in [7, 11) is 0. The lowest BCUT2D eigenvalue weighted by Gasteiger charge is -2.51. The molecule has 6 amide bonds. The zero-order chi connectivity index (χ0) is 87.1. The SMILES string of the molecule is CC(=O)N[C@@H]1[C@@H](O[C@@H]2O[C@H](CO)[C@@H](O[C@@H]3O[C@H](CO[C@@H]4O[C@H](CO)[C@@H](O[C@@H]5O[C@H](CO)[C@H](O)[C@H](O[C@H]6O[C@H](CO)[C@H](O)[C@H](O)[C@H]6NC(C)=O)[C@H]5O)[C@H](O)[C@H]4NC(C)=O)[C@H](O)[C@H](O[C@@H]4O[C@H](CO)[C@@H](O[C@@H]5O[C@H](CO)[C@H](O)[C@H](O[C@H]6O[C@H](CO)[C@H](O)[C@H](O)[C@H]6NC(C)=O)[C@H]5O)[C@H](O)[C@H]4NC(C)=O)[C@H]3O)[C@H](O)[C@H]2NC(C)=O)[C@@H](O)[C@@H](CO)O[C@@H]1O. The number of hydrogen-bond acceptors (Lipinski definition) is 46. The van der Waals surface area contributed by atoms with Gasteiger partial charge >= 0.3 is 0 Å². The first kappa shape index (κ1) is 97.0. The molecular formula is C66H110N6O46. The average Bonchev–Trinajstić information content (AvgIpc) is 0.809. The van der Waals surface area contributed by atoms with Crippen molar-refractivity contribution in [2.24, 2.45) is 0 Å². The second kappa shape index (κ2) is 42.7. The summed E-state index contributed by atoms with van der Waals surface area (Å²) < 4.78 is 101. The molecule has 0 spiro atoms. The highest BCUT2D eigenvalue weighted by molar-refractivity contribution is 5.75. The molecule has 9 heterocycles. The number of hydrogen-bond donors (Lipinski definition) is 29. The van der Waals surface area contributed by atoms with E-state index in [1.165, 1.54) is 0 Å². The van der Waals surface area contributed by atoms with Gasteiger partial charge in [-0.15, -0.1) is 0 Å². The fraction of sp³-hybridized carbons (Fsp3) is 0.909. The fourth-order valence-corrected chi connectivity index (χ4v) is 15.3. The van der Waals surface area contributed by atoms with Crippen LogP contribution < -0.4 is 31.9 Å². The van der Waals surface area contributed by atoms with Crippen LogP contribution in [0.4, 0.5) is 0 Å². The van der Waals surface area contributed by atoms with E-state index >= 15 is 0 Å². The summed E-state index contributed by atoms with van der Waals surface area (Å²) in [6.07, 6.45) is -79.3. The first-order valence-corrected chi connectivity index (χ1v) is 37.6. The molecule has 9 saturated heterocycles. The average molecular weight is 1720 g/mol. The van der Waals surface area contributed by atoms with Crippen LogP contribution >= 0.6 is 0 Å². The summed E-state index contributed by atoms with van der Waals surface area (Å²) in [6, 6.07) is -10.9. The second-order valence-corrected chi connectivity index (χ2v) is 29.6. The van der Waals surface area contributed by atoms with E-state index in [2.05, 4.69) is 31.9 Å². The van der Waals surface area contributed by atoms with Gasteiger partial charge in [-0.05, 0) is 0 Å². The van der Waals surface area contributed by atoms with Gasteiger partial charge in [-0.25, -0.2) is 0 Å². The molecule has 0 radical (unpaired) electrons. The van der Waals surface area contributed by atoms with Gasteiger partial charge in [0.15, 0.2) is 56.6 Å². The minimum atomic E-state index is -2.52. The summed E-state index contributed by atoms with van der Waals surface area (Å²) in [5.74, 6) is -5.31. The molecule has 45 atom stereocenters. The zero-order valence-corrected chi connectivity index (χ0v) is 64.0. The molecule has 0 aromatic rings. The van der Waals surface area contributed by atoms with Gasteiger partial charge in [-0.3, -0.25) is 28.8 Å². The number of rotatable bonds is 31. The molecule has 29 N–H and O–H groups in total. The van der Waals surface area contributed by atoms with E-state index in [-0.39, 0.29) is 0 Å². The van der Waals surface area contributed by atoms with Crippen molar-refractivity contribution in [2.75, 3.05) is 59.5 Å². The Kier molecular flexibility index (Phi) is 35.1. The number of carbonyl (C=O) groups excluding carboxylic acids is 6. The lowest BCUT2D eigenvalue weighted by atomic mass is 9.93. The molecule has 52 heteroatoms. The predicted molar refractivity (Wildman–Crippen MR) is 367 cm³/mol. The van der Waals surface area contributed by atoms with Crippen molar-refractivity contribution >= 4 is 35.4 Å². The second-order valence-electron chi connectivity index (χ2n) is 29.6. The van der Waals surface area contributed by atoms with Gasteiger partial charge in [0, 0.05) is 41.5 Å². The molecule has 9 fully saturated rings. The van der Waals surface area contributed by atoms with Crippen molar-refractivity contribution in [1.29, 1.82) is 0 Å². The van der Waals surface area contributed by atoms with Gasteiger partial charge in [0.25, 0.3) is 0 Å². The Morgan fingerprint density at radius 1 is 0.220 bits per heavy atom. The zero-order valence-electron chi connectivity index (χ0n) is 64.0. The van der Waals surface area contributed by atoms with E-state index < -0.39 is 371 Å². The molecule has 9 rings (SSSR count). The molecule has 0 unspecified atom stereocenters. The first-order chi connectivity index (χ1) is 55.8. The lowest BCUT2D eigenvalue weighted by molar-refractivity contribution is -0.387. The van der Waals surface area contributed by atoms with Crippen molar-refractivity contribution in [3.05, 3.63) is 0 Å². The van der Waals surface area contributed by atoms with E-state index in [4.69, 9.17) is 80.5 Å². The highest BCUT2D eigenvalue weighted by atomic mass is 16.8. The maximum absolute atomic E-state index is 13.2. The van der Waals surface area contributed by atoms with Gasteiger partial charge in [-0.2, -0.15) is 0 Å². The van der Waals surface area contributed by atoms with Crippen molar-refractivity contribution < 1.29 is 227 Å². The predicted octanol–water partition coefficient (Wildman–Crippen LogP) is -19.8. The Hall–Kier alpha value is -4.78. The Labute approximate surface area is 669 Å². The molecular weight excluding hydrogens is 1610 g/mol. The Bertz CT molecular complexity index is 3230. The smallest absolute Gasteiger partial charge is 0.217 e. The minimum Gasteiger partial charge on any atom is -0.394 e. The van der Waals surface area contributed by atoms with Crippen LogP contribution in [0.2, 0.25) is 0 Å². The minimum absolute atomic E-state index is 0.801. The van der Waals surface area contributed by atoms with Gasteiger partial charge < -0.3 is 230 Å². The molecule has 0 aliphatic carbocycles. The maximum Gasteiger partial charge on any atom is 0.217 e. The largest absolute Gasteiger partial charge is 0.394 e. The molecule has 680 valence electrons. The monoisotopic (exact) mass is 1720 g/mol. The molecule has 0 aromatic heterocycles. The van der Waals surface area contributed by atoms with Gasteiger partial charge in [0.2, 0.25) is 35.4 Å². The van der Waals surface area contributed by atoms with Crippen LogP contribution in [0, 0.1) is 0 Å². The standard InChI is InChI=1S/C66H110N6O46/c1-16(81)67-31-43(93)37(87)22(7-73)104-60(31)116-55-40(90)25(10-76)106-64(48(55)98)112-51-27(12-78)108-59(33(45(51)95)69-18(3)83)102-15-30-42(92)57(50(100)66(111-30)114-53-28(13-79)109-62(34(46(53)96)70-19(4)84)115-54-36(72-21(6)86)58(101)103-24(9-75)39(54)89)118-63-35(71-20(5)85)47(97)52(29(14-80)110-63)113-65-49(99)56(41(91)26(11-77)107-65)117-61-32(68-17(2)82)44(94)38(88)23(8-74)105-61/h22-66,73-80,87-101H,7-15H2,1-6H3,(H,67,81)(H,68,82)(H,69,83)(H,70,84)(H,71,85)(H,72,86)/t22-,23-,24-,25-,26-,27-,28-,29-,30-,31-,32-,33-,34-,35-,36-,37+,38+,39+,40+,41+,42+,43-,44-,45-,46-,47-,48-,49-,50-,51-,52-,53-,54-,55+,56+,57+,58+,59-,60-,61-,62+,63+,64+,65+,66+/m1/s1. The molecule has 9 aliphatic heterocycles. The van der Waals surface area contributed by atoms with Crippen LogP contribution in [0.15, 0.2) is 0 Å². The van der Waals surface area contributed by atoms with Gasteiger partial charge in [0.1, 0.15) is 219 Å². The number of aliphatic hydroxyl groups is 23. The molecule has 52 nitrogen and oxygen atoms in total. The normalized spacial score (nSPS) is 46.9. The van der Waals surface area contributed by atoms with E-state index in [0.717, 1.165) is 41.5 Å². The molecule has 0 aromatic carbocycles. The number of aliphatic hydroxyl groups excluding tert-OH is 23. The highest BCUT2D eigenvalue weighted by Gasteiger charge is 2.61. The van der Waals surface area contributed by atoms with Crippen molar-refractivity contribution in [3.8, 4) is 0 Å². The van der Waals surface area contributed by atoms with Crippen LogP contribution in [0.1, 0.15) is 41.5 Å². The summed E-state index contributed by atoms with van der Waals surface area (Å²) in [5, 5.41) is 272. The van der Waals surface area contributed by atoms with Crippen LogP contribution in [0.25, 0.3) is 0 Å². The summed E-state index contributed by atoms with van der Waals surface area (Å²) in [4.78, 5) is 76.3. The Morgan fingerprint density at radius 3 is 0.737 bits per heavy atom. The van der Waals surface area contributed by atoms with E-state index in [1.807, 2.05) is 0 Å². The third-order valence-electron chi connectivity index (χ3n) is 21.2. The lowest BCUT2D eigenvalue weighted by Crippen LogP contribution is -2.71. The third-order valence-corrected chi connectivity index (χ3v) is 21.2. The van der Waals surface area contributed by atoms with E-state index in [0.29, 0.717) is 0 Å².